The van der Waals surface area contributed by atoms with E-state index in [1.165, 1.54) is 93.9 Å². The lowest BCUT2D eigenvalue weighted by atomic mass is 9.65. The number of benzene rings is 10. The van der Waals surface area contributed by atoms with Crippen LogP contribution in [-0.2, 0) is 5.41 Å². The first-order valence-electron chi connectivity index (χ1n) is 21.2. The normalized spacial score (nSPS) is 13.0. The third-order valence-corrected chi connectivity index (χ3v) is 13.4. The zero-order valence-electron chi connectivity index (χ0n) is 33.3. The molecule has 2 heterocycles. The van der Waals surface area contributed by atoms with E-state index in [4.69, 9.17) is 0 Å². The van der Waals surface area contributed by atoms with Gasteiger partial charge in [0.05, 0.1) is 33.5 Å². The maximum Gasteiger partial charge on any atom is 0.0755 e. The van der Waals surface area contributed by atoms with Crippen LogP contribution in [0.2, 0.25) is 0 Å². The lowest BCUT2D eigenvalue weighted by Crippen LogP contribution is -2.33. The fraction of sp³-hybridized carbons (Fsp3) is 0.0169. The van der Waals surface area contributed by atoms with Crippen LogP contribution in [0.1, 0.15) is 22.3 Å². The average molecular weight is 775 g/mol. The molecule has 0 bridgehead atoms. The van der Waals surface area contributed by atoms with E-state index in [0.29, 0.717) is 0 Å². The molecule has 1 spiro atoms. The molecule has 284 valence electrons. The van der Waals surface area contributed by atoms with Crippen molar-refractivity contribution in [1.29, 1.82) is 0 Å². The second-order valence-corrected chi connectivity index (χ2v) is 16.4. The van der Waals surface area contributed by atoms with E-state index in [2.05, 4.69) is 240 Å². The fourth-order valence-electron chi connectivity index (χ4n) is 10.9. The summed E-state index contributed by atoms with van der Waals surface area (Å²) >= 11 is 0. The summed E-state index contributed by atoms with van der Waals surface area (Å²) in [5.74, 6) is 0. The van der Waals surface area contributed by atoms with E-state index < -0.39 is 5.41 Å². The van der Waals surface area contributed by atoms with Crippen LogP contribution in [0.3, 0.4) is 0 Å². The van der Waals surface area contributed by atoms with Crippen LogP contribution in [0.15, 0.2) is 231 Å². The standard InChI is InChI=1S/C59H38N2/c1-2-16-39(17-3-1)40-32-34-42(35-33-40)45-21-8-12-29-54(45)60(55-31-14-19-41-18-4-5-20-44(41)55)43-36-37-57-53(38-43)59(50-26-10-6-22-46(50)47-23-7-11-27-51(47)59)52-28-15-25-49-48-24-9-13-30-56(48)61(57)58(49)52/h1-38H. The predicted octanol–water partition coefficient (Wildman–Crippen LogP) is 15.4. The lowest BCUT2D eigenvalue weighted by Gasteiger charge is -2.40. The zero-order valence-corrected chi connectivity index (χ0v) is 33.3. The van der Waals surface area contributed by atoms with Gasteiger partial charge in [0.25, 0.3) is 0 Å². The molecular formula is C59H38N2. The molecule has 0 amide bonds. The minimum absolute atomic E-state index is 0.556. The highest BCUT2D eigenvalue weighted by molar-refractivity contribution is 6.13. The summed E-state index contributed by atoms with van der Waals surface area (Å²) in [5, 5.41) is 4.97. The third kappa shape index (κ3) is 4.73. The topological polar surface area (TPSA) is 8.17 Å². The molecule has 1 aliphatic heterocycles. The van der Waals surface area contributed by atoms with Crippen LogP contribution in [0.25, 0.3) is 71.6 Å². The minimum atomic E-state index is -0.556. The molecule has 0 radical (unpaired) electrons. The van der Waals surface area contributed by atoms with Crippen molar-refractivity contribution < 1.29 is 0 Å². The number of fused-ring (bicyclic) bond motifs is 13. The van der Waals surface area contributed by atoms with E-state index in [1.807, 2.05) is 0 Å². The lowest BCUT2D eigenvalue weighted by molar-refractivity contribution is 0.748. The highest BCUT2D eigenvalue weighted by atomic mass is 15.1. The van der Waals surface area contributed by atoms with Gasteiger partial charge in [0.15, 0.2) is 0 Å². The number of hydrogen-bond donors (Lipinski definition) is 0. The van der Waals surface area contributed by atoms with Gasteiger partial charge in [-0.15, -0.1) is 0 Å². The van der Waals surface area contributed by atoms with Gasteiger partial charge in [-0.1, -0.05) is 194 Å². The molecule has 10 aromatic carbocycles. The van der Waals surface area contributed by atoms with E-state index >= 15 is 0 Å². The molecule has 1 aromatic heterocycles. The highest BCUT2D eigenvalue weighted by Crippen LogP contribution is 2.61. The average Bonchev–Trinajstić information content (AvgIpc) is 3.83. The van der Waals surface area contributed by atoms with Gasteiger partial charge in [-0.3, -0.25) is 0 Å². The molecule has 13 rings (SSSR count). The molecule has 0 fully saturated rings. The van der Waals surface area contributed by atoms with Crippen LogP contribution >= 0.6 is 0 Å². The quantitative estimate of drug-likeness (QED) is 0.169. The smallest absolute Gasteiger partial charge is 0.0755 e. The van der Waals surface area contributed by atoms with Crippen molar-refractivity contribution >= 4 is 49.6 Å². The van der Waals surface area contributed by atoms with Crippen molar-refractivity contribution in [2.45, 2.75) is 5.41 Å². The van der Waals surface area contributed by atoms with Crippen LogP contribution < -0.4 is 4.90 Å². The summed E-state index contributed by atoms with van der Waals surface area (Å²) in [5.41, 5.74) is 19.1. The number of anilines is 3. The first-order chi connectivity index (χ1) is 30.3. The van der Waals surface area contributed by atoms with Gasteiger partial charge in [0.1, 0.15) is 0 Å². The van der Waals surface area contributed by atoms with Gasteiger partial charge >= 0.3 is 0 Å². The molecule has 61 heavy (non-hydrogen) atoms. The maximum atomic E-state index is 2.54. The van der Waals surface area contributed by atoms with Crippen molar-refractivity contribution in [3.8, 4) is 39.1 Å². The van der Waals surface area contributed by atoms with E-state index in [0.717, 1.165) is 17.1 Å². The van der Waals surface area contributed by atoms with E-state index in [9.17, 15) is 0 Å². The molecule has 0 saturated heterocycles. The second kappa shape index (κ2) is 13.0. The zero-order chi connectivity index (χ0) is 40.1. The van der Waals surface area contributed by atoms with E-state index in [-0.39, 0.29) is 0 Å². The Kier molecular flexibility index (Phi) is 7.26. The first kappa shape index (κ1) is 34.0. The molecule has 0 saturated carbocycles. The maximum absolute atomic E-state index is 2.54. The fourth-order valence-corrected chi connectivity index (χ4v) is 10.9. The Morgan fingerprint density at radius 3 is 1.70 bits per heavy atom. The summed E-state index contributed by atoms with van der Waals surface area (Å²) in [6.45, 7) is 0. The van der Waals surface area contributed by atoms with Crippen molar-refractivity contribution in [2.75, 3.05) is 4.90 Å². The number of para-hydroxylation sites is 3. The van der Waals surface area contributed by atoms with Gasteiger partial charge < -0.3 is 9.47 Å². The van der Waals surface area contributed by atoms with Crippen molar-refractivity contribution in [2.24, 2.45) is 0 Å². The third-order valence-electron chi connectivity index (χ3n) is 13.4. The Morgan fingerprint density at radius 1 is 0.344 bits per heavy atom. The summed E-state index contributed by atoms with van der Waals surface area (Å²) in [6, 6.07) is 85.4. The van der Waals surface area contributed by atoms with Gasteiger partial charge in [0, 0.05) is 27.4 Å². The summed E-state index contributed by atoms with van der Waals surface area (Å²) in [4.78, 5) is 2.51. The Bertz CT molecular complexity index is 3490. The Morgan fingerprint density at radius 2 is 0.902 bits per heavy atom. The Hall–Kier alpha value is -7.94. The van der Waals surface area contributed by atoms with Crippen molar-refractivity contribution in [1.82, 2.24) is 4.57 Å². The molecule has 1 aliphatic carbocycles. The number of rotatable bonds is 5. The predicted molar refractivity (Wildman–Crippen MR) is 255 cm³/mol. The molecule has 2 aliphatic rings. The number of nitrogens with zero attached hydrogens (tertiary/aromatic N) is 2. The van der Waals surface area contributed by atoms with Crippen LogP contribution in [-0.4, -0.2) is 4.57 Å². The van der Waals surface area contributed by atoms with Crippen LogP contribution in [0, 0.1) is 0 Å². The largest absolute Gasteiger partial charge is 0.309 e. The van der Waals surface area contributed by atoms with Crippen LogP contribution in [0.4, 0.5) is 17.1 Å². The molecule has 2 heteroatoms. The van der Waals surface area contributed by atoms with E-state index in [1.54, 1.807) is 0 Å². The van der Waals surface area contributed by atoms with Crippen LogP contribution in [0.5, 0.6) is 0 Å². The Balaban J connectivity index is 1.12. The van der Waals surface area contributed by atoms with Gasteiger partial charge in [-0.05, 0) is 91.9 Å². The molecule has 0 unspecified atom stereocenters. The summed E-state index contributed by atoms with van der Waals surface area (Å²) in [7, 11) is 0. The van der Waals surface area contributed by atoms with Gasteiger partial charge in [-0.2, -0.15) is 0 Å². The van der Waals surface area contributed by atoms with Gasteiger partial charge in [-0.25, -0.2) is 0 Å². The first-order valence-corrected chi connectivity index (χ1v) is 21.2. The summed E-state index contributed by atoms with van der Waals surface area (Å²) < 4.78 is 2.54. The molecule has 11 aromatic rings. The molecular weight excluding hydrogens is 737 g/mol. The number of hydrogen-bond acceptors (Lipinski definition) is 1. The SMILES string of the molecule is c1ccc(-c2ccc(-c3ccccc3N(c3ccc4c(c3)C3(c5ccccc5-c5ccccc53)c3cccc5c6ccccc6n-4c35)c3cccc4ccccc34)cc2)cc1. The molecule has 0 N–H and O–H groups in total. The van der Waals surface area contributed by atoms with Gasteiger partial charge in [0.2, 0.25) is 0 Å². The highest BCUT2D eigenvalue weighted by Gasteiger charge is 2.51. The Labute approximate surface area is 354 Å². The van der Waals surface area contributed by atoms with Crippen molar-refractivity contribution in [3.63, 3.8) is 0 Å². The van der Waals surface area contributed by atoms with Crippen molar-refractivity contribution in [3.05, 3.63) is 253 Å². The number of aromatic nitrogens is 1. The monoisotopic (exact) mass is 774 g/mol. The molecule has 2 nitrogen and oxygen atoms in total. The summed E-state index contributed by atoms with van der Waals surface area (Å²) in [6.07, 6.45) is 0. The minimum Gasteiger partial charge on any atom is -0.309 e. The second-order valence-electron chi connectivity index (χ2n) is 16.4. The molecule has 0 atom stereocenters.